The first-order valence-corrected chi connectivity index (χ1v) is 7.58. The number of aryl methyl sites for hydroxylation is 1. The molecule has 5 nitrogen and oxygen atoms in total. The van der Waals surface area contributed by atoms with Crippen LogP contribution < -0.4 is 4.74 Å². The summed E-state index contributed by atoms with van der Waals surface area (Å²) in [7, 11) is 1.70. The number of nitrogens with zero attached hydrogens (tertiary/aromatic N) is 3. The largest absolute Gasteiger partial charge is 0.496 e. The van der Waals surface area contributed by atoms with Gasteiger partial charge in [-0.2, -0.15) is 4.98 Å². The Morgan fingerprint density at radius 1 is 1.41 bits per heavy atom. The normalized spacial score (nSPS) is 19.1. The molecule has 0 spiro atoms. The molecule has 2 aromatic rings. The van der Waals surface area contributed by atoms with Gasteiger partial charge in [-0.1, -0.05) is 35.5 Å². The fraction of sp³-hybridized carbons (Fsp3) is 0.412. The molecule has 1 aromatic heterocycles. The summed E-state index contributed by atoms with van der Waals surface area (Å²) < 4.78 is 10.6. The summed E-state index contributed by atoms with van der Waals surface area (Å²) in [6, 6.07) is 8.03. The van der Waals surface area contributed by atoms with Crippen LogP contribution in [0, 0.1) is 6.92 Å². The Morgan fingerprint density at radius 3 is 3.05 bits per heavy atom. The SMILES string of the molecule is COc1ccccc1C=CCN1CCC(c2nc(C)no2)C1. The molecular formula is C17H21N3O2. The molecule has 5 heteroatoms. The summed E-state index contributed by atoms with van der Waals surface area (Å²) in [5.74, 6) is 2.75. The predicted octanol–water partition coefficient (Wildman–Crippen LogP) is 2.89. The molecule has 0 saturated carbocycles. The van der Waals surface area contributed by atoms with Gasteiger partial charge in [0.15, 0.2) is 5.82 Å². The molecule has 0 aliphatic carbocycles. The van der Waals surface area contributed by atoms with Crippen LogP contribution in [0.25, 0.3) is 6.08 Å². The van der Waals surface area contributed by atoms with Gasteiger partial charge in [0.2, 0.25) is 5.89 Å². The Bertz CT molecular complexity index is 651. The van der Waals surface area contributed by atoms with E-state index in [4.69, 9.17) is 9.26 Å². The number of para-hydroxylation sites is 1. The van der Waals surface area contributed by atoms with Gasteiger partial charge in [0.05, 0.1) is 13.0 Å². The van der Waals surface area contributed by atoms with Crippen LogP contribution in [0.1, 0.15) is 29.6 Å². The van der Waals surface area contributed by atoms with E-state index in [1.165, 1.54) is 0 Å². The van der Waals surface area contributed by atoms with E-state index < -0.39 is 0 Å². The smallest absolute Gasteiger partial charge is 0.231 e. The number of benzene rings is 1. The third-order valence-corrected chi connectivity index (χ3v) is 3.96. The third kappa shape index (κ3) is 3.36. The van der Waals surface area contributed by atoms with Crippen LogP contribution in [-0.4, -0.2) is 41.8 Å². The van der Waals surface area contributed by atoms with Crippen molar-refractivity contribution in [1.29, 1.82) is 0 Å². The Kier molecular flexibility index (Phi) is 4.53. The van der Waals surface area contributed by atoms with Crippen molar-refractivity contribution in [1.82, 2.24) is 15.0 Å². The number of ether oxygens (including phenoxy) is 1. The van der Waals surface area contributed by atoms with Crippen molar-refractivity contribution in [2.24, 2.45) is 0 Å². The number of aromatic nitrogens is 2. The lowest BCUT2D eigenvalue weighted by molar-refractivity contribution is 0.332. The van der Waals surface area contributed by atoms with Gasteiger partial charge in [0, 0.05) is 18.7 Å². The fourth-order valence-corrected chi connectivity index (χ4v) is 2.81. The topological polar surface area (TPSA) is 51.4 Å². The number of methoxy groups -OCH3 is 1. The van der Waals surface area contributed by atoms with E-state index in [0.717, 1.165) is 43.3 Å². The maximum atomic E-state index is 5.35. The third-order valence-electron chi connectivity index (χ3n) is 3.96. The van der Waals surface area contributed by atoms with E-state index >= 15 is 0 Å². The lowest BCUT2D eigenvalue weighted by Crippen LogP contribution is -2.20. The van der Waals surface area contributed by atoms with Crippen LogP contribution in [0.4, 0.5) is 0 Å². The van der Waals surface area contributed by atoms with Crippen molar-refractivity contribution in [2.75, 3.05) is 26.7 Å². The van der Waals surface area contributed by atoms with Crippen LogP contribution in [0.2, 0.25) is 0 Å². The molecular weight excluding hydrogens is 278 g/mol. The van der Waals surface area contributed by atoms with Crippen molar-refractivity contribution in [3.05, 3.63) is 47.6 Å². The van der Waals surface area contributed by atoms with Crippen LogP contribution >= 0.6 is 0 Å². The monoisotopic (exact) mass is 299 g/mol. The maximum Gasteiger partial charge on any atom is 0.231 e. The van der Waals surface area contributed by atoms with Crippen molar-refractivity contribution in [3.63, 3.8) is 0 Å². The van der Waals surface area contributed by atoms with Crippen LogP contribution in [0.5, 0.6) is 5.75 Å². The number of likely N-dealkylation sites (tertiary alicyclic amines) is 1. The van der Waals surface area contributed by atoms with Gasteiger partial charge in [-0.3, -0.25) is 4.90 Å². The molecule has 2 heterocycles. The highest BCUT2D eigenvalue weighted by Crippen LogP contribution is 2.26. The second-order valence-electron chi connectivity index (χ2n) is 5.57. The first-order chi connectivity index (χ1) is 10.8. The maximum absolute atomic E-state index is 5.35. The standard InChI is InChI=1S/C17H21N3O2/c1-13-18-17(22-19-13)15-9-11-20(12-15)10-5-7-14-6-3-4-8-16(14)21-2/h3-8,15H,9-12H2,1-2H3. The molecule has 1 unspecified atom stereocenters. The van der Waals surface area contributed by atoms with Gasteiger partial charge in [-0.05, 0) is 26.0 Å². The second kappa shape index (κ2) is 6.75. The lowest BCUT2D eigenvalue weighted by atomic mass is 10.1. The van der Waals surface area contributed by atoms with Crippen molar-refractivity contribution in [3.8, 4) is 5.75 Å². The molecule has 1 aliphatic heterocycles. The summed E-state index contributed by atoms with van der Waals surface area (Å²) in [6.45, 7) is 4.80. The zero-order valence-electron chi connectivity index (χ0n) is 13.0. The Labute approximate surface area is 130 Å². The molecule has 1 fully saturated rings. The molecule has 1 atom stereocenters. The van der Waals surface area contributed by atoms with E-state index in [9.17, 15) is 0 Å². The van der Waals surface area contributed by atoms with Crippen molar-refractivity contribution < 1.29 is 9.26 Å². The second-order valence-corrected chi connectivity index (χ2v) is 5.57. The summed E-state index contributed by atoms with van der Waals surface area (Å²) in [4.78, 5) is 6.74. The summed E-state index contributed by atoms with van der Waals surface area (Å²) >= 11 is 0. The molecule has 0 radical (unpaired) electrons. The van der Waals surface area contributed by atoms with E-state index in [0.29, 0.717) is 11.7 Å². The van der Waals surface area contributed by atoms with Gasteiger partial charge >= 0.3 is 0 Å². The zero-order valence-corrected chi connectivity index (χ0v) is 13.0. The number of rotatable bonds is 5. The highest BCUT2D eigenvalue weighted by Gasteiger charge is 2.27. The minimum Gasteiger partial charge on any atom is -0.496 e. The average molecular weight is 299 g/mol. The Morgan fingerprint density at radius 2 is 2.27 bits per heavy atom. The van der Waals surface area contributed by atoms with Crippen LogP contribution in [0.3, 0.4) is 0 Å². The summed E-state index contributed by atoms with van der Waals surface area (Å²) in [5.41, 5.74) is 1.10. The first-order valence-electron chi connectivity index (χ1n) is 7.58. The van der Waals surface area contributed by atoms with Gasteiger partial charge in [0.1, 0.15) is 5.75 Å². The van der Waals surface area contributed by atoms with Gasteiger partial charge in [0.25, 0.3) is 0 Å². The molecule has 0 N–H and O–H groups in total. The summed E-state index contributed by atoms with van der Waals surface area (Å²) in [6.07, 6.45) is 5.37. The molecule has 1 aliphatic rings. The first kappa shape index (κ1) is 14.8. The predicted molar refractivity (Wildman–Crippen MR) is 84.9 cm³/mol. The van der Waals surface area contributed by atoms with Crippen molar-refractivity contribution >= 4 is 6.08 Å². The molecule has 116 valence electrons. The van der Waals surface area contributed by atoms with Crippen LogP contribution in [-0.2, 0) is 0 Å². The molecule has 1 saturated heterocycles. The molecule has 1 aromatic carbocycles. The van der Waals surface area contributed by atoms with E-state index in [1.807, 2.05) is 25.1 Å². The van der Waals surface area contributed by atoms with Gasteiger partial charge in [-0.25, -0.2) is 0 Å². The number of hydrogen-bond acceptors (Lipinski definition) is 5. The minimum atomic E-state index is 0.362. The highest BCUT2D eigenvalue weighted by molar-refractivity contribution is 5.57. The molecule has 22 heavy (non-hydrogen) atoms. The average Bonchev–Trinajstić information content (AvgIpc) is 3.17. The Balaban J connectivity index is 1.55. The number of hydrogen-bond donors (Lipinski definition) is 0. The fourth-order valence-electron chi connectivity index (χ4n) is 2.81. The highest BCUT2D eigenvalue weighted by atomic mass is 16.5. The van der Waals surface area contributed by atoms with E-state index in [-0.39, 0.29) is 0 Å². The Hall–Kier alpha value is -2.14. The molecule has 3 rings (SSSR count). The minimum absolute atomic E-state index is 0.362. The van der Waals surface area contributed by atoms with Gasteiger partial charge in [-0.15, -0.1) is 0 Å². The van der Waals surface area contributed by atoms with Gasteiger partial charge < -0.3 is 9.26 Å². The van der Waals surface area contributed by atoms with E-state index in [1.54, 1.807) is 7.11 Å². The quantitative estimate of drug-likeness (QED) is 0.849. The van der Waals surface area contributed by atoms with Crippen LogP contribution in [0.15, 0.2) is 34.9 Å². The molecule has 0 amide bonds. The lowest BCUT2D eigenvalue weighted by Gasteiger charge is -2.12. The zero-order chi connectivity index (χ0) is 15.4. The van der Waals surface area contributed by atoms with Crippen molar-refractivity contribution in [2.45, 2.75) is 19.3 Å². The molecule has 0 bridgehead atoms. The summed E-state index contributed by atoms with van der Waals surface area (Å²) in [5, 5.41) is 3.87. The van der Waals surface area contributed by atoms with E-state index in [2.05, 4.69) is 33.3 Å².